The van der Waals surface area contributed by atoms with E-state index in [0.717, 1.165) is 5.06 Å². The summed E-state index contributed by atoms with van der Waals surface area (Å²) in [6.45, 7) is 1.73. The minimum Gasteiger partial charge on any atom is -0.421 e. The van der Waals surface area contributed by atoms with Gasteiger partial charge in [0.1, 0.15) is 5.52 Å². The van der Waals surface area contributed by atoms with Gasteiger partial charge in [-0.3, -0.25) is 4.79 Å². The number of halogens is 1. The van der Waals surface area contributed by atoms with Crippen LogP contribution < -0.4 is 9.90 Å². The van der Waals surface area contributed by atoms with Gasteiger partial charge in [0.2, 0.25) is 0 Å². The van der Waals surface area contributed by atoms with Gasteiger partial charge >= 0.3 is 6.01 Å². The van der Waals surface area contributed by atoms with E-state index in [-0.39, 0.29) is 18.3 Å². The molecular weight excluding hydrogens is 304 g/mol. The SMILES string of the molecule is CCC(=O)N(Oc1ccccc1Cl)c1nc2ccccc2o1. The highest BCUT2D eigenvalue weighted by molar-refractivity contribution is 6.32. The number of aromatic nitrogens is 1. The number of anilines is 1. The maximum atomic E-state index is 12.2. The Balaban J connectivity index is 1.99. The van der Waals surface area contributed by atoms with Gasteiger partial charge in [-0.15, -0.1) is 0 Å². The highest BCUT2D eigenvalue weighted by Gasteiger charge is 2.23. The molecule has 22 heavy (non-hydrogen) atoms. The number of carbonyl (C=O) groups excluding carboxylic acids is 1. The smallest absolute Gasteiger partial charge is 0.340 e. The molecule has 0 saturated carbocycles. The zero-order valence-electron chi connectivity index (χ0n) is 11.8. The Morgan fingerprint density at radius 1 is 1.23 bits per heavy atom. The van der Waals surface area contributed by atoms with Crippen molar-refractivity contribution in [1.29, 1.82) is 0 Å². The molecule has 0 spiro atoms. The quantitative estimate of drug-likeness (QED) is 0.676. The predicted octanol–water partition coefficient (Wildman–Crippen LogP) is 4.22. The Labute approximate surface area is 132 Å². The van der Waals surface area contributed by atoms with Crippen LogP contribution in [0.4, 0.5) is 6.01 Å². The van der Waals surface area contributed by atoms with Crippen molar-refractivity contribution in [3.05, 3.63) is 53.6 Å². The van der Waals surface area contributed by atoms with E-state index in [0.29, 0.717) is 21.9 Å². The van der Waals surface area contributed by atoms with Crippen LogP contribution in [0.25, 0.3) is 11.1 Å². The molecule has 0 aliphatic rings. The second-order valence-electron chi connectivity index (χ2n) is 4.53. The number of hydrogen-bond acceptors (Lipinski definition) is 4. The van der Waals surface area contributed by atoms with Gasteiger partial charge in [-0.1, -0.05) is 47.9 Å². The van der Waals surface area contributed by atoms with Crippen LogP contribution in [0, 0.1) is 0 Å². The van der Waals surface area contributed by atoms with E-state index in [9.17, 15) is 4.79 Å². The van der Waals surface area contributed by atoms with Gasteiger partial charge in [-0.05, 0) is 24.3 Å². The standard InChI is InChI=1S/C16H13ClN2O3/c1-2-15(20)19(22-13-9-5-3-7-11(13)17)16-18-12-8-4-6-10-14(12)21-16/h3-10H,2H2,1H3. The van der Waals surface area contributed by atoms with Gasteiger partial charge in [0.15, 0.2) is 11.3 Å². The van der Waals surface area contributed by atoms with Crippen molar-refractivity contribution in [2.45, 2.75) is 13.3 Å². The van der Waals surface area contributed by atoms with Crippen molar-refractivity contribution in [2.75, 3.05) is 5.06 Å². The van der Waals surface area contributed by atoms with Gasteiger partial charge in [0, 0.05) is 6.42 Å². The van der Waals surface area contributed by atoms with Gasteiger partial charge < -0.3 is 9.25 Å². The highest BCUT2D eigenvalue weighted by atomic mass is 35.5. The first-order chi connectivity index (χ1) is 10.7. The molecule has 0 fully saturated rings. The summed E-state index contributed by atoms with van der Waals surface area (Å²) in [5.41, 5.74) is 1.23. The minimum absolute atomic E-state index is 0.0768. The van der Waals surface area contributed by atoms with E-state index in [4.69, 9.17) is 20.9 Å². The Kier molecular flexibility index (Phi) is 3.98. The first-order valence-corrected chi connectivity index (χ1v) is 7.18. The van der Waals surface area contributed by atoms with Gasteiger partial charge in [0.05, 0.1) is 5.02 Å². The van der Waals surface area contributed by atoms with E-state index in [2.05, 4.69) is 4.98 Å². The van der Waals surface area contributed by atoms with Crippen molar-refractivity contribution in [1.82, 2.24) is 4.98 Å². The summed E-state index contributed by atoms with van der Waals surface area (Å²) < 4.78 is 5.59. The first-order valence-electron chi connectivity index (χ1n) is 6.80. The zero-order valence-corrected chi connectivity index (χ0v) is 12.6. The van der Waals surface area contributed by atoms with E-state index in [1.165, 1.54) is 0 Å². The first kappa shape index (κ1) is 14.4. The fourth-order valence-electron chi connectivity index (χ4n) is 1.90. The second-order valence-corrected chi connectivity index (χ2v) is 4.93. The number of hydrogen-bond donors (Lipinski definition) is 0. The summed E-state index contributed by atoms with van der Waals surface area (Å²) >= 11 is 6.07. The molecule has 0 saturated heterocycles. The van der Waals surface area contributed by atoms with Crippen molar-refractivity contribution < 1.29 is 14.0 Å². The predicted molar refractivity (Wildman–Crippen MR) is 83.9 cm³/mol. The molecule has 0 radical (unpaired) electrons. The lowest BCUT2D eigenvalue weighted by Gasteiger charge is -2.18. The fraction of sp³-hybridized carbons (Fsp3) is 0.125. The van der Waals surface area contributed by atoms with Crippen molar-refractivity contribution in [3.8, 4) is 5.75 Å². The molecule has 5 nitrogen and oxygen atoms in total. The lowest BCUT2D eigenvalue weighted by molar-refractivity contribution is -0.122. The largest absolute Gasteiger partial charge is 0.421 e. The van der Waals surface area contributed by atoms with Gasteiger partial charge in [-0.25, -0.2) is 0 Å². The molecule has 1 heterocycles. The van der Waals surface area contributed by atoms with Crippen LogP contribution in [0.15, 0.2) is 52.9 Å². The summed E-state index contributed by atoms with van der Waals surface area (Å²) in [6.07, 6.45) is 0.239. The lowest BCUT2D eigenvalue weighted by atomic mass is 10.3. The van der Waals surface area contributed by atoms with Crippen LogP contribution in [0.3, 0.4) is 0 Å². The van der Waals surface area contributed by atoms with Crippen LogP contribution >= 0.6 is 11.6 Å². The molecule has 0 unspecified atom stereocenters. The van der Waals surface area contributed by atoms with Gasteiger partial charge in [-0.2, -0.15) is 4.98 Å². The van der Waals surface area contributed by atoms with Crippen LogP contribution in [-0.2, 0) is 4.79 Å². The maximum absolute atomic E-state index is 12.2. The van der Waals surface area contributed by atoms with Crippen molar-refractivity contribution >= 4 is 34.6 Å². The number of benzene rings is 2. The molecule has 0 atom stereocenters. The average molecular weight is 317 g/mol. The molecule has 6 heteroatoms. The number of rotatable bonds is 4. The summed E-state index contributed by atoms with van der Waals surface area (Å²) in [7, 11) is 0. The Morgan fingerprint density at radius 3 is 2.68 bits per heavy atom. The molecular formula is C16H13ClN2O3. The third-order valence-corrected chi connectivity index (χ3v) is 3.32. The fourth-order valence-corrected chi connectivity index (χ4v) is 2.07. The van der Waals surface area contributed by atoms with Crippen molar-refractivity contribution in [3.63, 3.8) is 0 Å². The van der Waals surface area contributed by atoms with Crippen LogP contribution in [0.2, 0.25) is 5.02 Å². The van der Waals surface area contributed by atoms with Gasteiger partial charge in [0.25, 0.3) is 5.91 Å². The third-order valence-electron chi connectivity index (χ3n) is 3.01. The minimum atomic E-state index is -0.286. The van der Waals surface area contributed by atoms with E-state index >= 15 is 0 Å². The number of nitrogens with zero attached hydrogens (tertiary/aromatic N) is 2. The third kappa shape index (κ3) is 2.76. The molecule has 1 amide bonds. The molecule has 3 rings (SSSR count). The van der Waals surface area contributed by atoms with Crippen LogP contribution in [0.1, 0.15) is 13.3 Å². The topological polar surface area (TPSA) is 55.6 Å². The molecule has 0 aliphatic heterocycles. The Hall–Kier alpha value is -2.53. The number of hydroxylamine groups is 1. The number of fused-ring (bicyclic) bond motifs is 1. The monoisotopic (exact) mass is 316 g/mol. The Morgan fingerprint density at radius 2 is 1.95 bits per heavy atom. The number of para-hydroxylation sites is 3. The molecule has 1 aromatic heterocycles. The van der Waals surface area contributed by atoms with E-state index in [1.807, 2.05) is 12.1 Å². The van der Waals surface area contributed by atoms with Crippen LogP contribution in [-0.4, -0.2) is 10.9 Å². The number of amides is 1. The van der Waals surface area contributed by atoms with Crippen molar-refractivity contribution in [2.24, 2.45) is 0 Å². The number of oxazole rings is 1. The van der Waals surface area contributed by atoms with E-state index < -0.39 is 0 Å². The summed E-state index contributed by atoms with van der Waals surface area (Å²) in [5, 5.41) is 1.42. The normalized spacial score (nSPS) is 10.6. The molecule has 112 valence electrons. The highest BCUT2D eigenvalue weighted by Crippen LogP contribution is 2.28. The summed E-state index contributed by atoms with van der Waals surface area (Å²) in [5.74, 6) is 0.0692. The van der Waals surface area contributed by atoms with Crippen LogP contribution in [0.5, 0.6) is 5.75 Å². The molecule has 0 bridgehead atoms. The number of carbonyl (C=O) groups is 1. The van der Waals surface area contributed by atoms with E-state index in [1.54, 1.807) is 43.3 Å². The molecule has 3 aromatic rings. The Bertz CT molecular complexity index is 783. The lowest BCUT2D eigenvalue weighted by Crippen LogP contribution is -2.34. The summed E-state index contributed by atoms with van der Waals surface area (Å²) in [4.78, 5) is 22.1. The second kappa shape index (κ2) is 6.07. The summed E-state index contributed by atoms with van der Waals surface area (Å²) in [6, 6.07) is 14.2. The maximum Gasteiger partial charge on any atom is 0.340 e. The molecule has 0 N–H and O–H groups in total. The zero-order chi connectivity index (χ0) is 15.5. The molecule has 2 aromatic carbocycles. The molecule has 0 aliphatic carbocycles. The average Bonchev–Trinajstić information content (AvgIpc) is 2.97.